The Hall–Kier alpha value is -4.86. The highest BCUT2D eigenvalue weighted by Crippen LogP contribution is 2.38. The molecule has 0 atom stereocenters. The van der Waals surface area contributed by atoms with Crippen LogP contribution in [0.4, 0.5) is 5.95 Å². The Balaban J connectivity index is 1.47. The molecule has 2 aromatic heterocycles. The van der Waals surface area contributed by atoms with Crippen LogP contribution >= 0.6 is 0 Å². The van der Waals surface area contributed by atoms with E-state index in [9.17, 15) is 9.59 Å². The van der Waals surface area contributed by atoms with E-state index in [-0.39, 0.29) is 17.6 Å². The third-order valence-corrected chi connectivity index (χ3v) is 5.30. The fourth-order valence-corrected chi connectivity index (χ4v) is 3.60. The molecule has 1 amide bonds. The average molecular weight is 489 g/mol. The number of hydrogen-bond acceptors (Lipinski definition) is 8. The van der Waals surface area contributed by atoms with Crippen molar-refractivity contribution in [1.82, 2.24) is 9.97 Å². The standard InChI is InChI=1S/C26H23N3O7/c1-33-21-11-16(12-22(34-2)23(21)35-3)9-15-5-4-6-17(10-15)24(30)29-26-27-13-18(14-28-26)19-7-8-20(36-19)25(31)32/h4-8,10-14H,9H2,1-3H3,(H,31,32)(H,27,28,29,30). The number of aromatic carboxylic acids is 1. The Morgan fingerprint density at radius 1 is 0.917 bits per heavy atom. The molecule has 2 N–H and O–H groups in total. The van der Waals surface area contributed by atoms with E-state index in [1.165, 1.54) is 24.5 Å². The zero-order valence-electron chi connectivity index (χ0n) is 19.8. The minimum Gasteiger partial charge on any atom is -0.493 e. The van der Waals surface area contributed by atoms with Crippen LogP contribution in [0.25, 0.3) is 11.3 Å². The number of hydrogen-bond donors (Lipinski definition) is 2. The molecule has 0 fully saturated rings. The van der Waals surface area contributed by atoms with Crippen molar-refractivity contribution in [2.75, 3.05) is 26.6 Å². The van der Waals surface area contributed by atoms with Crippen molar-refractivity contribution >= 4 is 17.8 Å². The predicted octanol–water partition coefficient (Wildman–Crippen LogP) is 4.30. The lowest BCUT2D eigenvalue weighted by Crippen LogP contribution is -2.14. The van der Waals surface area contributed by atoms with E-state index in [2.05, 4.69) is 15.3 Å². The molecule has 36 heavy (non-hydrogen) atoms. The van der Waals surface area contributed by atoms with E-state index in [0.717, 1.165) is 11.1 Å². The summed E-state index contributed by atoms with van der Waals surface area (Å²) in [7, 11) is 4.66. The molecule has 0 radical (unpaired) electrons. The molecule has 0 saturated heterocycles. The van der Waals surface area contributed by atoms with Crippen molar-refractivity contribution in [2.24, 2.45) is 0 Å². The molecule has 0 saturated carbocycles. The number of carboxylic acid groups (broad SMARTS) is 1. The van der Waals surface area contributed by atoms with Gasteiger partial charge < -0.3 is 23.7 Å². The summed E-state index contributed by atoms with van der Waals surface area (Å²) in [4.78, 5) is 32.0. The van der Waals surface area contributed by atoms with Gasteiger partial charge in [0.05, 0.1) is 26.9 Å². The van der Waals surface area contributed by atoms with Crippen LogP contribution < -0.4 is 19.5 Å². The van der Waals surface area contributed by atoms with Crippen molar-refractivity contribution in [3.63, 3.8) is 0 Å². The zero-order chi connectivity index (χ0) is 25.7. The first kappa shape index (κ1) is 24.3. The minimum absolute atomic E-state index is 0.101. The van der Waals surface area contributed by atoms with Gasteiger partial charge in [-0.2, -0.15) is 0 Å². The molecule has 184 valence electrons. The number of rotatable bonds is 9. The number of carboxylic acids is 1. The second-order valence-electron chi connectivity index (χ2n) is 7.63. The lowest BCUT2D eigenvalue weighted by molar-refractivity contribution is 0.0663. The topological polar surface area (TPSA) is 133 Å². The minimum atomic E-state index is -1.17. The van der Waals surface area contributed by atoms with Crippen LogP contribution in [0.5, 0.6) is 17.2 Å². The Labute approximate surface area is 206 Å². The monoisotopic (exact) mass is 489 g/mol. The first-order chi connectivity index (χ1) is 17.4. The van der Waals surface area contributed by atoms with Crippen LogP contribution in [0.2, 0.25) is 0 Å². The number of nitrogens with zero attached hydrogens (tertiary/aromatic N) is 2. The van der Waals surface area contributed by atoms with E-state index in [4.69, 9.17) is 23.7 Å². The first-order valence-corrected chi connectivity index (χ1v) is 10.8. The quantitative estimate of drug-likeness (QED) is 0.353. The van der Waals surface area contributed by atoms with Crippen LogP contribution in [0.3, 0.4) is 0 Å². The molecule has 2 heterocycles. The Kier molecular flexibility index (Phi) is 7.15. The number of ether oxygens (including phenoxy) is 3. The normalized spacial score (nSPS) is 10.5. The Morgan fingerprint density at radius 3 is 2.19 bits per heavy atom. The summed E-state index contributed by atoms with van der Waals surface area (Å²) in [6, 6.07) is 13.8. The lowest BCUT2D eigenvalue weighted by Gasteiger charge is -2.14. The maximum absolute atomic E-state index is 12.8. The molecule has 0 spiro atoms. The van der Waals surface area contributed by atoms with E-state index >= 15 is 0 Å². The number of aromatic nitrogens is 2. The summed E-state index contributed by atoms with van der Waals surface area (Å²) in [5, 5.41) is 11.6. The summed E-state index contributed by atoms with van der Waals surface area (Å²) >= 11 is 0. The number of amides is 1. The molecule has 0 aliphatic carbocycles. The molecular weight excluding hydrogens is 466 g/mol. The fraction of sp³-hybridized carbons (Fsp3) is 0.154. The second kappa shape index (κ2) is 10.6. The summed E-state index contributed by atoms with van der Waals surface area (Å²) in [5.41, 5.74) is 2.74. The van der Waals surface area contributed by atoms with Crippen LogP contribution in [0.15, 0.2) is 65.3 Å². The highest BCUT2D eigenvalue weighted by molar-refractivity contribution is 6.03. The molecule has 0 aliphatic rings. The summed E-state index contributed by atoms with van der Waals surface area (Å²) < 4.78 is 21.4. The van der Waals surface area contributed by atoms with E-state index in [1.54, 1.807) is 39.5 Å². The average Bonchev–Trinajstić information content (AvgIpc) is 3.39. The number of carbonyl (C=O) groups excluding carboxylic acids is 1. The third kappa shape index (κ3) is 5.27. The number of furan rings is 1. The maximum atomic E-state index is 12.8. The smallest absolute Gasteiger partial charge is 0.371 e. The van der Waals surface area contributed by atoms with Crippen molar-refractivity contribution in [3.05, 3.63) is 83.4 Å². The first-order valence-electron chi connectivity index (χ1n) is 10.8. The van der Waals surface area contributed by atoms with Crippen LogP contribution in [-0.4, -0.2) is 48.3 Å². The molecular formula is C26H23N3O7. The number of anilines is 1. The Bertz CT molecular complexity index is 1370. The SMILES string of the molecule is COc1cc(Cc2cccc(C(=O)Nc3ncc(-c4ccc(C(=O)O)o4)cn3)c2)cc(OC)c1OC. The van der Waals surface area contributed by atoms with Gasteiger partial charge in [0.1, 0.15) is 5.76 Å². The van der Waals surface area contributed by atoms with Gasteiger partial charge in [-0.1, -0.05) is 12.1 Å². The van der Waals surface area contributed by atoms with Gasteiger partial charge in [-0.05, 0) is 53.9 Å². The van der Waals surface area contributed by atoms with Gasteiger partial charge in [-0.3, -0.25) is 10.1 Å². The highest BCUT2D eigenvalue weighted by Gasteiger charge is 2.15. The van der Waals surface area contributed by atoms with Crippen molar-refractivity contribution in [1.29, 1.82) is 0 Å². The van der Waals surface area contributed by atoms with E-state index in [0.29, 0.717) is 40.6 Å². The number of methoxy groups -OCH3 is 3. The van der Waals surface area contributed by atoms with E-state index < -0.39 is 5.97 Å². The Morgan fingerprint density at radius 2 is 1.61 bits per heavy atom. The van der Waals surface area contributed by atoms with Crippen LogP contribution in [-0.2, 0) is 6.42 Å². The molecule has 0 aliphatic heterocycles. The van der Waals surface area contributed by atoms with Gasteiger partial charge in [0.2, 0.25) is 17.5 Å². The molecule has 4 rings (SSSR count). The molecule has 10 heteroatoms. The third-order valence-electron chi connectivity index (χ3n) is 5.30. The van der Waals surface area contributed by atoms with Gasteiger partial charge in [0.25, 0.3) is 5.91 Å². The van der Waals surface area contributed by atoms with Gasteiger partial charge in [0.15, 0.2) is 11.5 Å². The maximum Gasteiger partial charge on any atom is 0.371 e. The summed E-state index contributed by atoms with van der Waals surface area (Å²) in [5.74, 6) is 0.295. The molecule has 4 aromatic rings. The number of benzene rings is 2. The van der Waals surface area contributed by atoms with Gasteiger partial charge in [-0.25, -0.2) is 14.8 Å². The van der Waals surface area contributed by atoms with Crippen LogP contribution in [0.1, 0.15) is 32.0 Å². The zero-order valence-corrected chi connectivity index (χ0v) is 19.8. The molecule has 10 nitrogen and oxygen atoms in total. The molecule has 0 bridgehead atoms. The molecule has 2 aromatic carbocycles. The number of carbonyl (C=O) groups is 2. The van der Waals surface area contributed by atoms with Gasteiger partial charge >= 0.3 is 5.97 Å². The predicted molar refractivity (Wildman–Crippen MR) is 130 cm³/mol. The van der Waals surface area contributed by atoms with Gasteiger partial charge in [0, 0.05) is 18.0 Å². The molecule has 0 unspecified atom stereocenters. The van der Waals surface area contributed by atoms with E-state index in [1.807, 2.05) is 18.2 Å². The van der Waals surface area contributed by atoms with Crippen molar-refractivity contribution in [3.8, 4) is 28.6 Å². The van der Waals surface area contributed by atoms with Crippen molar-refractivity contribution in [2.45, 2.75) is 6.42 Å². The lowest BCUT2D eigenvalue weighted by atomic mass is 10.0. The summed E-state index contributed by atoms with van der Waals surface area (Å²) in [6.45, 7) is 0. The van der Waals surface area contributed by atoms with Crippen molar-refractivity contribution < 1.29 is 33.3 Å². The number of nitrogens with one attached hydrogen (secondary N) is 1. The largest absolute Gasteiger partial charge is 0.493 e. The fourth-order valence-electron chi connectivity index (χ4n) is 3.60. The summed E-state index contributed by atoms with van der Waals surface area (Å²) in [6.07, 6.45) is 3.41. The van der Waals surface area contributed by atoms with Crippen LogP contribution in [0, 0.1) is 0 Å². The van der Waals surface area contributed by atoms with Gasteiger partial charge in [-0.15, -0.1) is 0 Å². The highest BCUT2D eigenvalue weighted by atomic mass is 16.5. The second-order valence-corrected chi connectivity index (χ2v) is 7.63.